The number of carbonyl (C=O) groups excluding carboxylic acids is 1. The molecule has 0 aliphatic heterocycles. The fraction of sp³-hybridized carbons (Fsp3) is 0.500. The third-order valence-electron chi connectivity index (χ3n) is 1.60. The molecular formula is C8H15NO12Sc. The number of aliphatic hydroxyl groups is 4. The van der Waals surface area contributed by atoms with Gasteiger partial charge in [0.1, 0.15) is 6.10 Å². The number of aliphatic carboxylic acids is 4. The van der Waals surface area contributed by atoms with E-state index in [4.69, 9.17) is 35.7 Å². The molecule has 0 aliphatic rings. The first-order chi connectivity index (χ1) is 8.93. The van der Waals surface area contributed by atoms with E-state index < -0.39 is 48.3 Å². The molecule has 0 heterocycles. The zero-order valence-electron chi connectivity index (χ0n) is 11.1. The van der Waals surface area contributed by atoms with E-state index in [1.807, 2.05) is 0 Å². The molecule has 0 bridgehead atoms. The third kappa shape index (κ3) is 11.2. The van der Waals surface area contributed by atoms with E-state index in [2.05, 4.69) is 0 Å². The molecule has 0 rings (SSSR count). The maximum Gasteiger partial charge on any atom is 0.335 e. The fourth-order valence-corrected chi connectivity index (χ4v) is 0.534. The zero-order valence-corrected chi connectivity index (χ0v) is 12.9. The van der Waals surface area contributed by atoms with E-state index in [9.17, 15) is 24.3 Å². The number of hydrogen-bond acceptors (Lipinski definition) is 9. The summed E-state index contributed by atoms with van der Waals surface area (Å²) in [5, 5.41) is 66.7. The first-order valence-electron chi connectivity index (χ1n) is 4.55. The zero-order chi connectivity index (χ0) is 16.6. The monoisotopic (exact) mass is 362 g/mol. The van der Waals surface area contributed by atoms with Crippen LogP contribution in [0, 0.1) is 0 Å². The minimum absolute atomic E-state index is 0. The number of quaternary nitrogens is 1. The van der Waals surface area contributed by atoms with Gasteiger partial charge in [0.05, 0.1) is 5.97 Å². The maximum absolute atomic E-state index is 9.77. The van der Waals surface area contributed by atoms with Crippen molar-refractivity contribution in [2.24, 2.45) is 0 Å². The van der Waals surface area contributed by atoms with Gasteiger partial charge in [0.25, 0.3) is 0 Å². The number of carboxylic acid groups (broad SMARTS) is 4. The van der Waals surface area contributed by atoms with Crippen molar-refractivity contribution in [2.45, 2.75) is 24.4 Å². The van der Waals surface area contributed by atoms with Crippen molar-refractivity contribution in [3.8, 4) is 0 Å². The van der Waals surface area contributed by atoms with Crippen molar-refractivity contribution in [2.75, 3.05) is 0 Å². The number of carbonyl (C=O) groups is 4. The summed E-state index contributed by atoms with van der Waals surface area (Å²) in [6.07, 6.45) is -9.24. The summed E-state index contributed by atoms with van der Waals surface area (Å²) in [4.78, 5) is 38.9. The van der Waals surface area contributed by atoms with Crippen LogP contribution < -0.4 is 11.3 Å². The molecule has 4 atom stereocenters. The largest absolute Gasteiger partial charge is 0.547 e. The molecule has 0 saturated carbocycles. The van der Waals surface area contributed by atoms with Crippen LogP contribution in [0.4, 0.5) is 0 Å². The van der Waals surface area contributed by atoms with Crippen LogP contribution in [-0.2, 0) is 45.0 Å². The smallest absolute Gasteiger partial charge is 0.335 e. The second-order valence-corrected chi connectivity index (χ2v) is 3.11. The predicted molar refractivity (Wildman–Crippen MR) is 57.9 cm³/mol. The van der Waals surface area contributed by atoms with Crippen LogP contribution in [0.3, 0.4) is 0 Å². The maximum atomic E-state index is 9.77. The first-order valence-corrected chi connectivity index (χ1v) is 4.55. The van der Waals surface area contributed by atoms with Crippen LogP contribution in [-0.4, -0.2) is 84.0 Å². The van der Waals surface area contributed by atoms with Gasteiger partial charge in [0.2, 0.25) is 0 Å². The van der Waals surface area contributed by atoms with Crippen LogP contribution in [0.25, 0.3) is 0 Å². The van der Waals surface area contributed by atoms with Crippen LogP contribution in [0.1, 0.15) is 0 Å². The van der Waals surface area contributed by atoms with Gasteiger partial charge in [-0.3, -0.25) is 0 Å². The van der Waals surface area contributed by atoms with Gasteiger partial charge in [-0.25, -0.2) is 14.4 Å². The van der Waals surface area contributed by atoms with E-state index >= 15 is 0 Å². The van der Waals surface area contributed by atoms with Gasteiger partial charge in [-0.05, 0) is 0 Å². The van der Waals surface area contributed by atoms with E-state index in [1.165, 1.54) is 0 Å². The summed E-state index contributed by atoms with van der Waals surface area (Å²) < 4.78 is 0. The van der Waals surface area contributed by atoms with Crippen LogP contribution >= 0.6 is 0 Å². The van der Waals surface area contributed by atoms with Crippen LogP contribution in [0.2, 0.25) is 0 Å². The number of carboxylic acids is 4. The number of rotatable bonds is 6. The van der Waals surface area contributed by atoms with Gasteiger partial charge < -0.3 is 51.8 Å². The minimum atomic E-state index is -2.38. The third-order valence-corrected chi connectivity index (χ3v) is 1.60. The normalized spacial score (nSPS) is 14.4. The predicted octanol–water partition coefficient (Wildman–Crippen LogP) is -5.21. The summed E-state index contributed by atoms with van der Waals surface area (Å²) in [7, 11) is 0. The van der Waals surface area contributed by atoms with E-state index in [-0.39, 0.29) is 32.0 Å². The Hall–Kier alpha value is -1.45. The molecule has 1 radical (unpaired) electrons. The van der Waals surface area contributed by atoms with Crippen LogP contribution in [0.15, 0.2) is 0 Å². The average molecular weight is 362 g/mol. The van der Waals surface area contributed by atoms with E-state index in [0.29, 0.717) is 0 Å². The van der Waals surface area contributed by atoms with Crippen molar-refractivity contribution >= 4 is 23.9 Å². The van der Waals surface area contributed by atoms with E-state index in [1.54, 1.807) is 0 Å². The molecule has 13 nitrogen and oxygen atoms in total. The minimum Gasteiger partial charge on any atom is -0.547 e. The Balaban J connectivity index is -0.000000135. The Bertz CT molecular complexity index is 315. The van der Waals surface area contributed by atoms with Gasteiger partial charge in [-0.1, -0.05) is 0 Å². The Morgan fingerprint density at radius 1 is 0.636 bits per heavy atom. The molecule has 14 heteroatoms. The summed E-state index contributed by atoms with van der Waals surface area (Å²) in [5.74, 6) is -7.36. The molecule has 22 heavy (non-hydrogen) atoms. The summed E-state index contributed by atoms with van der Waals surface area (Å²) in [5.41, 5.74) is 0. The second kappa shape index (κ2) is 13.2. The van der Waals surface area contributed by atoms with Crippen molar-refractivity contribution < 1.29 is 85.9 Å². The molecule has 0 saturated heterocycles. The van der Waals surface area contributed by atoms with Crippen molar-refractivity contribution in [3.05, 3.63) is 0 Å². The number of hydrogen-bond donors (Lipinski definition) is 8. The van der Waals surface area contributed by atoms with Gasteiger partial charge in [-0.15, -0.1) is 0 Å². The van der Waals surface area contributed by atoms with Gasteiger partial charge in [-0.2, -0.15) is 0 Å². The molecule has 0 amide bonds. The molecule has 0 aliphatic carbocycles. The van der Waals surface area contributed by atoms with Gasteiger partial charge in [0.15, 0.2) is 18.3 Å². The standard InChI is InChI=1S/2C4H6O6.H3N.Sc/c2*5-1(3(7)8)2(6)4(9)10;;/h2*1-2,5-6H,(H,7,8)(H,9,10);1H3;. The molecule has 0 aromatic carbocycles. The fourth-order valence-electron chi connectivity index (χ4n) is 0.534. The molecule has 0 aromatic heterocycles. The van der Waals surface area contributed by atoms with Crippen LogP contribution in [0.5, 0.6) is 0 Å². The second-order valence-electron chi connectivity index (χ2n) is 3.11. The summed E-state index contributed by atoms with van der Waals surface area (Å²) >= 11 is 0. The summed E-state index contributed by atoms with van der Waals surface area (Å²) in [6, 6.07) is 0. The van der Waals surface area contributed by atoms with Crippen molar-refractivity contribution in [1.82, 2.24) is 6.15 Å². The average Bonchev–Trinajstić information content (AvgIpc) is 2.35. The Labute approximate surface area is 140 Å². The molecule has 0 fully saturated rings. The van der Waals surface area contributed by atoms with Gasteiger partial charge in [0, 0.05) is 25.8 Å². The molecule has 0 spiro atoms. The molecule has 127 valence electrons. The topological polar surface area (TPSA) is 269 Å². The molecular weight excluding hydrogens is 347 g/mol. The Morgan fingerprint density at radius 2 is 0.818 bits per heavy atom. The van der Waals surface area contributed by atoms with E-state index in [0.717, 1.165) is 0 Å². The van der Waals surface area contributed by atoms with Crippen molar-refractivity contribution in [1.29, 1.82) is 0 Å². The Kier molecular flexibility index (Phi) is 17.2. The quantitative estimate of drug-likeness (QED) is 0.220. The molecule has 4 unspecified atom stereocenters. The van der Waals surface area contributed by atoms with Gasteiger partial charge >= 0.3 is 17.9 Å². The first kappa shape index (κ1) is 28.7. The Morgan fingerprint density at radius 3 is 0.909 bits per heavy atom. The molecule has 0 aromatic rings. The SMILES string of the molecule is O=C(O)C(O)C(O)C(=O)O.O=C([O-])C(O)C(O)C(=O)O.[NH4+].[Sc]. The molecule has 11 N–H and O–H groups in total. The summed E-state index contributed by atoms with van der Waals surface area (Å²) in [6.45, 7) is 0. The van der Waals surface area contributed by atoms with Crippen molar-refractivity contribution in [3.63, 3.8) is 0 Å². The number of aliphatic hydroxyl groups excluding tert-OH is 4.